The molecule has 4 rings (SSSR count). The van der Waals surface area contributed by atoms with E-state index in [0.29, 0.717) is 18.9 Å². The standard InChI is InChI=1S/C26H32N8O2S/c1-2-18(16-35)32-24-20(12-27)21(28)11-23(33-24)25(36)30-13-17-6-9-34(10-7-17)15-19-14-31-26(37-19)22-5-3-4-8-29-22/h3-5,8,11,14,17-18,35H,2,6-7,9-10,13,15-16H2,1H3,(H,30,36)(H3,28,32,33). The average Bonchev–Trinajstić information content (AvgIpc) is 3.40. The van der Waals surface area contributed by atoms with Gasteiger partial charge in [0.05, 0.1) is 24.0 Å². The van der Waals surface area contributed by atoms with E-state index in [4.69, 9.17) is 5.73 Å². The molecule has 1 unspecified atom stereocenters. The number of nitrogens with one attached hydrogen (secondary N) is 2. The van der Waals surface area contributed by atoms with Crippen molar-refractivity contribution in [1.82, 2.24) is 25.2 Å². The number of nitrogen functional groups attached to an aromatic ring is 1. The van der Waals surface area contributed by atoms with Crippen molar-refractivity contribution in [3.63, 3.8) is 0 Å². The number of aromatic nitrogens is 3. The number of likely N-dealkylation sites (tertiary alicyclic amines) is 1. The van der Waals surface area contributed by atoms with Crippen molar-refractivity contribution < 1.29 is 9.90 Å². The number of aliphatic hydroxyl groups is 1. The van der Waals surface area contributed by atoms with Crippen LogP contribution in [0.4, 0.5) is 11.5 Å². The van der Waals surface area contributed by atoms with Gasteiger partial charge in [0.25, 0.3) is 5.91 Å². The third-order valence-corrected chi connectivity index (χ3v) is 7.53. The summed E-state index contributed by atoms with van der Waals surface area (Å²) in [5, 5.41) is 25.9. The van der Waals surface area contributed by atoms with E-state index in [0.717, 1.165) is 43.2 Å². The molecular weight excluding hydrogens is 488 g/mol. The smallest absolute Gasteiger partial charge is 0.270 e. The minimum atomic E-state index is -0.328. The van der Waals surface area contributed by atoms with Crippen molar-refractivity contribution in [2.75, 3.05) is 37.3 Å². The van der Waals surface area contributed by atoms with Crippen LogP contribution in [0, 0.1) is 17.2 Å². The van der Waals surface area contributed by atoms with Gasteiger partial charge in [-0.05, 0) is 56.5 Å². The van der Waals surface area contributed by atoms with Crippen molar-refractivity contribution in [3.05, 3.63) is 52.8 Å². The SMILES string of the molecule is CCC(CO)Nc1nc(C(=O)NCC2CCN(Cc3cnc(-c4ccccn4)s3)CC2)cc(N)c1C#N. The number of amides is 1. The van der Waals surface area contributed by atoms with E-state index in [1.807, 2.05) is 37.4 Å². The van der Waals surface area contributed by atoms with Crippen LogP contribution in [0.2, 0.25) is 0 Å². The second-order valence-corrected chi connectivity index (χ2v) is 10.3. The molecule has 1 aliphatic heterocycles. The van der Waals surface area contributed by atoms with Gasteiger partial charge in [0.2, 0.25) is 0 Å². The molecule has 10 nitrogen and oxygen atoms in total. The van der Waals surface area contributed by atoms with Gasteiger partial charge >= 0.3 is 0 Å². The Morgan fingerprint density at radius 2 is 2.16 bits per heavy atom. The minimum Gasteiger partial charge on any atom is -0.397 e. The van der Waals surface area contributed by atoms with Gasteiger partial charge < -0.3 is 21.5 Å². The van der Waals surface area contributed by atoms with Crippen LogP contribution in [0.25, 0.3) is 10.7 Å². The summed E-state index contributed by atoms with van der Waals surface area (Å²) in [5.74, 6) is 0.263. The molecule has 0 aromatic carbocycles. The fourth-order valence-corrected chi connectivity index (χ4v) is 5.19. The van der Waals surface area contributed by atoms with Crippen LogP contribution in [0.15, 0.2) is 36.7 Å². The van der Waals surface area contributed by atoms with Crippen molar-refractivity contribution in [2.24, 2.45) is 5.92 Å². The lowest BCUT2D eigenvalue weighted by atomic mass is 9.96. The van der Waals surface area contributed by atoms with Gasteiger partial charge in [-0.3, -0.25) is 14.7 Å². The molecule has 0 aliphatic carbocycles. The second-order valence-electron chi connectivity index (χ2n) is 9.14. The Morgan fingerprint density at radius 1 is 1.35 bits per heavy atom. The molecule has 37 heavy (non-hydrogen) atoms. The normalized spacial score (nSPS) is 15.2. The number of pyridine rings is 2. The summed E-state index contributed by atoms with van der Waals surface area (Å²) in [6.07, 6.45) is 6.31. The second kappa shape index (κ2) is 12.6. The third-order valence-electron chi connectivity index (χ3n) is 6.52. The summed E-state index contributed by atoms with van der Waals surface area (Å²) in [4.78, 5) is 29.7. The number of rotatable bonds is 10. The molecule has 3 aromatic rings. The van der Waals surface area contributed by atoms with Gasteiger partial charge in [-0.15, -0.1) is 11.3 Å². The zero-order chi connectivity index (χ0) is 26.2. The Bertz CT molecular complexity index is 1230. The maximum absolute atomic E-state index is 12.8. The molecular formula is C26H32N8O2S. The molecule has 1 fully saturated rings. The predicted octanol–water partition coefficient (Wildman–Crippen LogP) is 2.88. The van der Waals surface area contributed by atoms with Crippen LogP contribution < -0.4 is 16.4 Å². The van der Waals surface area contributed by atoms with E-state index in [1.165, 1.54) is 10.9 Å². The number of hydrogen-bond acceptors (Lipinski definition) is 10. The first kappa shape index (κ1) is 26.5. The summed E-state index contributed by atoms with van der Waals surface area (Å²) in [5.41, 5.74) is 7.42. The van der Waals surface area contributed by atoms with Crippen LogP contribution >= 0.6 is 11.3 Å². The Kier molecular flexibility index (Phi) is 9.00. The van der Waals surface area contributed by atoms with Gasteiger partial charge in [0.15, 0.2) is 0 Å². The first-order chi connectivity index (χ1) is 18.0. The monoisotopic (exact) mass is 520 g/mol. The number of nitriles is 1. The predicted molar refractivity (Wildman–Crippen MR) is 144 cm³/mol. The molecule has 1 aliphatic rings. The van der Waals surface area contributed by atoms with E-state index >= 15 is 0 Å². The Morgan fingerprint density at radius 3 is 2.84 bits per heavy atom. The molecule has 1 amide bonds. The fourth-order valence-electron chi connectivity index (χ4n) is 4.26. The number of nitrogens with zero attached hydrogens (tertiary/aromatic N) is 5. The zero-order valence-corrected chi connectivity index (χ0v) is 21.7. The van der Waals surface area contributed by atoms with Crippen LogP contribution in [0.3, 0.4) is 0 Å². The van der Waals surface area contributed by atoms with E-state index in [2.05, 4.69) is 30.5 Å². The fraction of sp³-hybridized carbons (Fsp3) is 0.423. The quantitative estimate of drug-likeness (QED) is 0.316. The highest BCUT2D eigenvalue weighted by molar-refractivity contribution is 7.14. The van der Waals surface area contributed by atoms with E-state index in [1.54, 1.807) is 17.5 Å². The zero-order valence-electron chi connectivity index (χ0n) is 20.9. The van der Waals surface area contributed by atoms with Crippen molar-refractivity contribution in [1.29, 1.82) is 5.26 Å². The first-order valence-electron chi connectivity index (χ1n) is 12.4. The summed E-state index contributed by atoms with van der Waals surface area (Å²) in [6.45, 7) is 5.10. The molecule has 0 radical (unpaired) electrons. The van der Waals surface area contributed by atoms with Crippen LogP contribution in [0.1, 0.15) is 47.1 Å². The van der Waals surface area contributed by atoms with E-state index < -0.39 is 0 Å². The minimum absolute atomic E-state index is 0.119. The lowest BCUT2D eigenvalue weighted by Gasteiger charge is -2.31. The summed E-state index contributed by atoms with van der Waals surface area (Å²) in [7, 11) is 0. The van der Waals surface area contributed by atoms with Gasteiger partial charge in [-0.25, -0.2) is 9.97 Å². The Labute approximate surface area is 220 Å². The molecule has 0 bridgehead atoms. The number of nitrogens with two attached hydrogens (primary N) is 1. The molecule has 11 heteroatoms. The van der Waals surface area contributed by atoms with Crippen molar-refractivity contribution >= 4 is 28.7 Å². The Balaban J connectivity index is 1.28. The number of piperidine rings is 1. The lowest BCUT2D eigenvalue weighted by molar-refractivity contribution is 0.0930. The van der Waals surface area contributed by atoms with E-state index in [9.17, 15) is 15.2 Å². The van der Waals surface area contributed by atoms with Crippen molar-refractivity contribution in [3.8, 4) is 16.8 Å². The number of anilines is 2. The van der Waals surface area contributed by atoms with Crippen LogP contribution in [-0.4, -0.2) is 63.1 Å². The third kappa shape index (κ3) is 6.80. The highest BCUT2D eigenvalue weighted by atomic mass is 32.1. The van der Waals surface area contributed by atoms with Crippen molar-refractivity contribution in [2.45, 2.75) is 38.8 Å². The molecule has 0 saturated carbocycles. The molecule has 5 N–H and O–H groups in total. The van der Waals surface area contributed by atoms with Crippen LogP contribution in [-0.2, 0) is 6.54 Å². The Hall–Kier alpha value is -3.59. The molecule has 194 valence electrons. The molecule has 1 atom stereocenters. The maximum Gasteiger partial charge on any atom is 0.270 e. The number of carbonyl (C=O) groups excluding carboxylic acids is 1. The maximum atomic E-state index is 12.8. The topological polar surface area (TPSA) is 153 Å². The number of carbonyl (C=O) groups is 1. The molecule has 3 aromatic heterocycles. The average molecular weight is 521 g/mol. The largest absolute Gasteiger partial charge is 0.397 e. The number of hydrogen-bond donors (Lipinski definition) is 4. The summed E-state index contributed by atoms with van der Waals surface area (Å²) < 4.78 is 0. The van der Waals surface area contributed by atoms with Crippen LogP contribution in [0.5, 0.6) is 0 Å². The lowest BCUT2D eigenvalue weighted by Crippen LogP contribution is -2.38. The van der Waals surface area contributed by atoms with Gasteiger partial charge in [-0.1, -0.05) is 13.0 Å². The first-order valence-corrected chi connectivity index (χ1v) is 13.3. The van der Waals surface area contributed by atoms with Gasteiger partial charge in [0.1, 0.15) is 28.2 Å². The summed E-state index contributed by atoms with van der Waals surface area (Å²) >= 11 is 1.67. The number of thiazole rings is 1. The van der Waals surface area contributed by atoms with E-state index in [-0.39, 0.29) is 41.3 Å². The van der Waals surface area contributed by atoms with Gasteiger partial charge in [0, 0.05) is 30.4 Å². The summed E-state index contributed by atoms with van der Waals surface area (Å²) in [6, 6.07) is 9.00. The molecule has 1 saturated heterocycles. The van der Waals surface area contributed by atoms with Gasteiger partial charge in [-0.2, -0.15) is 5.26 Å². The number of aliphatic hydroxyl groups excluding tert-OH is 1. The highest BCUT2D eigenvalue weighted by Gasteiger charge is 2.22. The molecule has 4 heterocycles. The highest BCUT2D eigenvalue weighted by Crippen LogP contribution is 2.26. The molecule has 0 spiro atoms.